The van der Waals surface area contributed by atoms with Crippen LogP contribution >= 0.6 is 12.4 Å². The van der Waals surface area contributed by atoms with Gasteiger partial charge in [-0.05, 0) is 25.8 Å². The van der Waals surface area contributed by atoms with E-state index >= 15 is 0 Å². The predicted molar refractivity (Wildman–Crippen MR) is 54.3 cm³/mol. The second-order valence-corrected chi connectivity index (χ2v) is 3.62. The zero-order valence-corrected chi connectivity index (χ0v) is 8.77. The molecule has 2 N–H and O–H groups in total. The average molecular weight is 208 g/mol. The van der Waals surface area contributed by atoms with Crippen molar-refractivity contribution in [2.24, 2.45) is 5.92 Å². The van der Waals surface area contributed by atoms with Crippen molar-refractivity contribution >= 4 is 18.4 Å². The number of aliphatic carboxylic acids is 1. The zero-order chi connectivity index (χ0) is 8.97. The fourth-order valence-electron chi connectivity index (χ4n) is 1.65. The number of halogens is 1. The lowest BCUT2D eigenvalue weighted by Gasteiger charge is -2.24. The average Bonchev–Trinajstić information content (AvgIpc) is 2.06. The molecule has 0 bridgehead atoms. The van der Waals surface area contributed by atoms with Crippen LogP contribution < -0.4 is 5.32 Å². The van der Waals surface area contributed by atoms with Crippen LogP contribution in [0.25, 0.3) is 0 Å². The van der Waals surface area contributed by atoms with Crippen molar-refractivity contribution in [1.29, 1.82) is 0 Å². The van der Waals surface area contributed by atoms with Crippen LogP contribution in [0.1, 0.15) is 32.6 Å². The molecule has 4 heteroatoms. The van der Waals surface area contributed by atoms with Crippen molar-refractivity contribution in [3.63, 3.8) is 0 Å². The molecule has 1 fully saturated rings. The number of carboxylic acid groups (broad SMARTS) is 1. The summed E-state index contributed by atoms with van der Waals surface area (Å²) in [5.74, 6) is -0.886. The first-order chi connectivity index (χ1) is 5.70. The van der Waals surface area contributed by atoms with Gasteiger partial charge < -0.3 is 10.4 Å². The first-order valence-corrected chi connectivity index (χ1v) is 4.66. The molecule has 0 aromatic rings. The largest absolute Gasteiger partial charge is 0.481 e. The van der Waals surface area contributed by atoms with E-state index in [0.717, 1.165) is 19.4 Å². The number of piperidine rings is 1. The van der Waals surface area contributed by atoms with E-state index in [9.17, 15) is 4.79 Å². The summed E-state index contributed by atoms with van der Waals surface area (Å²) in [5.41, 5.74) is 0. The summed E-state index contributed by atoms with van der Waals surface area (Å²) in [4.78, 5) is 10.5. The topological polar surface area (TPSA) is 49.3 Å². The Kier molecular flexibility index (Phi) is 6.08. The first-order valence-electron chi connectivity index (χ1n) is 4.66. The number of carbonyl (C=O) groups is 1. The minimum absolute atomic E-state index is 0. The van der Waals surface area contributed by atoms with Crippen LogP contribution in [0.2, 0.25) is 0 Å². The van der Waals surface area contributed by atoms with E-state index in [-0.39, 0.29) is 18.3 Å². The van der Waals surface area contributed by atoms with Gasteiger partial charge in [-0.2, -0.15) is 0 Å². The number of rotatable bonds is 3. The van der Waals surface area contributed by atoms with Gasteiger partial charge in [0.05, 0.1) is 5.92 Å². The molecule has 0 spiro atoms. The molecule has 13 heavy (non-hydrogen) atoms. The summed E-state index contributed by atoms with van der Waals surface area (Å²) in [6.45, 7) is 2.83. The maximum absolute atomic E-state index is 10.5. The van der Waals surface area contributed by atoms with Gasteiger partial charge in [-0.15, -0.1) is 12.4 Å². The van der Waals surface area contributed by atoms with E-state index in [1.54, 1.807) is 6.92 Å². The summed E-state index contributed by atoms with van der Waals surface area (Å²) >= 11 is 0. The maximum atomic E-state index is 10.5. The molecule has 0 aromatic carbocycles. The van der Waals surface area contributed by atoms with E-state index in [1.807, 2.05) is 0 Å². The van der Waals surface area contributed by atoms with Gasteiger partial charge in [-0.1, -0.05) is 13.3 Å². The molecule has 0 aromatic heterocycles. The molecule has 2 unspecified atom stereocenters. The molecular weight excluding hydrogens is 190 g/mol. The fraction of sp³-hybridized carbons (Fsp3) is 0.889. The van der Waals surface area contributed by atoms with Crippen LogP contribution in [0.15, 0.2) is 0 Å². The van der Waals surface area contributed by atoms with Crippen molar-refractivity contribution in [2.75, 3.05) is 6.54 Å². The molecule has 0 saturated carbocycles. The predicted octanol–water partition coefficient (Wildman–Crippen LogP) is 1.66. The smallest absolute Gasteiger partial charge is 0.306 e. The lowest BCUT2D eigenvalue weighted by molar-refractivity contribution is -0.141. The van der Waals surface area contributed by atoms with Gasteiger partial charge in [-0.3, -0.25) is 4.79 Å². The van der Waals surface area contributed by atoms with Gasteiger partial charge in [0.1, 0.15) is 0 Å². The summed E-state index contributed by atoms with van der Waals surface area (Å²) in [6, 6.07) is 0.435. The van der Waals surface area contributed by atoms with Gasteiger partial charge >= 0.3 is 5.97 Å². The van der Waals surface area contributed by atoms with E-state index in [1.165, 1.54) is 12.8 Å². The lowest BCUT2D eigenvalue weighted by atomic mass is 9.95. The van der Waals surface area contributed by atoms with Crippen LogP contribution in [0.5, 0.6) is 0 Å². The fourth-order valence-corrected chi connectivity index (χ4v) is 1.65. The number of carboxylic acids is 1. The Bertz CT molecular complexity index is 158. The molecular formula is C9H18ClNO2. The van der Waals surface area contributed by atoms with E-state index in [0.29, 0.717) is 6.04 Å². The second kappa shape index (κ2) is 6.22. The Morgan fingerprint density at radius 2 is 2.31 bits per heavy atom. The normalized spacial score (nSPS) is 24.5. The van der Waals surface area contributed by atoms with E-state index < -0.39 is 5.97 Å². The highest BCUT2D eigenvalue weighted by molar-refractivity contribution is 5.85. The van der Waals surface area contributed by atoms with Crippen LogP contribution in [0, 0.1) is 5.92 Å². The maximum Gasteiger partial charge on any atom is 0.306 e. The summed E-state index contributed by atoms with van der Waals surface area (Å²) in [5, 5.41) is 12.0. The highest BCUT2D eigenvalue weighted by Gasteiger charge is 2.19. The number of hydrogen-bond donors (Lipinski definition) is 2. The molecule has 1 aliphatic rings. The minimum atomic E-state index is -0.678. The molecule has 1 heterocycles. The molecule has 1 aliphatic heterocycles. The lowest BCUT2D eigenvalue weighted by Crippen LogP contribution is -2.36. The Hall–Kier alpha value is -0.280. The van der Waals surface area contributed by atoms with Crippen molar-refractivity contribution in [3.05, 3.63) is 0 Å². The quantitative estimate of drug-likeness (QED) is 0.740. The molecule has 2 atom stereocenters. The third-order valence-electron chi connectivity index (χ3n) is 2.47. The van der Waals surface area contributed by atoms with Crippen LogP contribution in [0.3, 0.4) is 0 Å². The van der Waals surface area contributed by atoms with Gasteiger partial charge in [0.2, 0.25) is 0 Å². The zero-order valence-electron chi connectivity index (χ0n) is 7.95. The summed E-state index contributed by atoms with van der Waals surface area (Å²) < 4.78 is 0. The van der Waals surface area contributed by atoms with E-state index in [4.69, 9.17) is 5.11 Å². The molecule has 0 aliphatic carbocycles. The van der Waals surface area contributed by atoms with Crippen molar-refractivity contribution in [3.8, 4) is 0 Å². The molecule has 1 rings (SSSR count). The minimum Gasteiger partial charge on any atom is -0.481 e. The molecule has 3 nitrogen and oxygen atoms in total. The Balaban J connectivity index is 0.00000144. The van der Waals surface area contributed by atoms with Crippen LogP contribution in [0.4, 0.5) is 0 Å². The Morgan fingerprint density at radius 1 is 1.62 bits per heavy atom. The SMILES string of the molecule is CC(CC1CCCCN1)C(=O)O.Cl. The monoisotopic (exact) mass is 207 g/mol. The molecule has 1 saturated heterocycles. The van der Waals surface area contributed by atoms with E-state index in [2.05, 4.69) is 5.32 Å². The summed E-state index contributed by atoms with van der Waals surface area (Å²) in [7, 11) is 0. The standard InChI is InChI=1S/C9H17NO2.ClH/c1-7(9(11)12)6-8-4-2-3-5-10-8;/h7-8,10H,2-6H2,1H3,(H,11,12);1H. The number of nitrogens with one attached hydrogen (secondary N) is 1. The molecule has 78 valence electrons. The van der Waals surface area contributed by atoms with Crippen LogP contribution in [-0.4, -0.2) is 23.7 Å². The van der Waals surface area contributed by atoms with Crippen LogP contribution in [-0.2, 0) is 4.79 Å². The summed E-state index contributed by atoms with van der Waals surface area (Å²) in [6.07, 6.45) is 4.38. The molecule has 0 radical (unpaired) electrons. The number of hydrogen-bond acceptors (Lipinski definition) is 2. The van der Waals surface area contributed by atoms with Crippen molar-refractivity contribution in [2.45, 2.75) is 38.6 Å². The third kappa shape index (κ3) is 4.48. The highest BCUT2D eigenvalue weighted by atomic mass is 35.5. The first kappa shape index (κ1) is 12.7. The Morgan fingerprint density at radius 3 is 2.77 bits per heavy atom. The van der Waals surface area contributed by atoms with Crippen molar-refractivity contribution < 1.29 is 9.90 Å². The third-order valence-corrected chi connectivity index (χ3v) is 2.47. The van der Waals surface area contributed by atoms with Gasteiger partial charge in [0.15, 0.2) is 0 Å². The van der Waals surface area contributed by atoms with Crippen molar-refractivity contribution in [1.82, 2.24) is 5.32 Å². The second-order valence-electron chi connectivity index (χ2n) is 3.62. The van der Waals surface area contributed by atoms with Gasteiger partial charge in [0, 0.05) is 6.04 Å². The molecule has 0 amide bonds. The highest BCUT2D eigenvalue weighted by Crippen LogP contribution is 2.14. The van der Waals surface area contributed by atoms with Gasteiger partial charge in [0.25, 0.3) is 0 Å². The Labute approximate surface area is 85.3 Å². The van der Waals surface area contributed by atoms with Gasteiger partial charge in [-0.25, -0.2) is 0 Å².